The number of rotatable bonds is 3. The monoisotopic (exact) mass is 296 g/mol. The highest BCUT2D eigenvalue weighted by Gasteiger charge is 2.15. The lowest BCUT2D eigenvalue weighted by Gasteiger charge is -2.03. The van der Waals surface area contributed by atoms with Crippen LogP contribution in [0.25, 0.3) is 0 Å². The van der Waals surface area contributed by atoms with Crippen molar-refractivity contribution in [3.05, 3.63) is 52.4 Å². The van der Waals surface area contributed by atoms with Gasteiger partial charge in [-0.1, -0.05) is 12.1 Å². The predicted molar refractivity (Wildman–Crippen MR) is 68.1 cm³/mol. The van der Waals surface area contributed by atoms with Crippen molar-refractivity contribution in [2.45, 2.75) is 4.90 Å². The molecule has 0 spiro atoms. The van der Waals surface area contributed by atoms with E-state index >= 15 is 0 Å². The Labute approximate surface area is 106 Å². The first-order valence-electron chi connectivity index (χ1n) is 4.65. The summed E-state index contributed by atoms with van der Waals surface area (Å²) < 4.78 is 5.82. The van der Waals surface area contributed by atoms with Crippen molar-refractivity contribution >= 4 is 33.5 Å². The maximum Gasteiger partial charge on any atom is 0.229 e. The lowest BCUT2D eigenvalue weighted by atomic mass is 10.1. The van der Waals surface area contributed by atoms with Gasteiger partial charge in [-0.25, -0.2) is 0 Å². The Balaban J connectivity index is 2.41. The van der Waals surface area contributed by atoms with Crippen molar-refractivity contribution in [3.8, 4) is 0 Å². The highest BCUT2D eigenvalue weighted by atomic mass is 79.9. The third-order valence-electron chi connectivity index (χ3n) is 2.15. The molecule has 2 rings (SSSR count). The Morgan fingerprint density at radius 1 is 1.25 bits per heavy atom. The lowest BCUT2D eigenvalue weighted by Crippen LogP contribution is -2.01. The summed E-state index contributed by atoms with van der Waals surface area (Å²) in [5, 5.41) is 0. The molecule has 0 unspecified atom stereocenters. The highest BCUT2D eigenvalue weighted by molar-refractivity contribution is 9.10. The second-order valence-corrected chi connectivity index (χ2v) is 4.76. The van der Waals surface area contributed by atoms with Crippen LogP contribution >= 0.6 is 27.7 Å². The van der Waals surface area contributed by atoms with Crippen molar-refractivity contribution in [2.24, 2.45) is 0 Å². The molecule has 0 aliphatic rings. The number of halogens is 1. The number of ketones is 1. The van der Waals surface area contributed by atoms with Crippen molar-refractivity contribution in [1.29, 1.82) is 0 Å². The van der Waals surface area contributed by atoms with Gasteiger partial charge >= 0.3 is 0 Å². The second kappa shape index (κ2) is 4.89. The largest absolute Gasteiger partial charge is 0.446 e. The number of carbonyl (C=O) groups excluding carboxylic acids is 1. The topological polar surface area (TPSA) is 30.2 Å². The van der Waals surface area contributed by atoms with E-state index in [0.29, 0.717) is 16.0 Å². The predicted octanol–water partition coefficient (Wildman–Crippen LogP) is 4.00. The van der Waals surface area contributed by atoms with Crippen LogP contribution in [0.15, 0.2) is 50.4 Å². The smallest absolute Gasteiger partial charge is 0.229 e. The molecule has 0 atom stereocenters. The summed E-state index contributed by atoms with van der Waals surface area (Å²) in [6.45, 7) is 0. The Kier molecular flexibility index (Phi) is 3.51. The van der Waals surface area contributed by atoms with Crippen molar-refractivity contribution < 1.29 is 9.21 Å². The van der Waals surface area contributed by atoms with Crippen molar-refractivity contribution in [1.82, 2.24) is 0 Å². The van der Waals surface area contributed by atoms with Crippen LogP contribution in [0.1, 0.15) is 16.1 Å². The van der Waals surface area contributed by atoms with Gasteiger partial charge in [0.25, 0.3) is 0 Å². The maximum absolute atomic E-state index is 12.1. The van der Waals surface area contributed by atoms with Gasteiger partial charge in [-0.3, -0.25) is 4.79 Å². The molecule has 0 fully saturated rings. The Bertz CT molecular complexity index is 519. The summed E-state index contributed by atoms with van der Waals surface area (Å²) in [5.41, 5.74) is 0.678. The van der Waals surface area contributed by atoms with E-state index in [1.54, 1.807) is 23.9 Å². The molecule has 0 amide bonds. The van der Waals surface area contributed by atoms with Gasteiger partial charge in [0, 0.05) is 10.5 Å². The van der Waals surface area contributed by atoms with E-state index in [2.05, 4.69) is 15.9 Å². The molecule has 0 aliphatic heterocycles. The zero-order valence-electron chi connectivity index (χ0n) is 8.57. The minimum atomic E-state index is -0.0874. The zero-order chi connectivity index (χ0) is 11.5. The molecule has 4 heteroatoms. The van der Waals surface area contributed by atoms with E-state index in [-0.39, 0.29) is 5.78 Å². The molecule has 0 aliphatic carbocycles. The van der Waals surface area contributed by atoms with Gasteiger partial charge < -0.3 is 4.42 Å². The summed E-state index contributed by atoms with van der Waals surface area (Å²) in [6.07, 6.45) is 1.95. The summed E-state index contributed by atoms with van der Waals surface area (Å²) in [7, 11) is 0. The Morgan fingerprint density at radius 3 is 2.62 bits per heavy atom. The lowest BCUT2D eigenvalue weighted by molar-refractivity contribution is 0.100. The fourth-order valence-corrected chi connectivity index (χ4v) is 2.30. The SMILES string of the molecule is CSc1ccccc1C(=O)c1ccc(Br)o1. The number of furan rings is 1. The van der Waals surface area contributed by atoms with Crippen LogP contribution in [0, 0.1) is 0 Å². The fourth-order valence-electron chi connectivity index (χ4n) is 1.40. The normalized spacial score (nSPS) is 10.4. The first kappa shape index (κ1) is 11.5. The third-order valence-corrected chi connectivity index (χ3v) is 3.37. The van der Waals surface area contributed by atoms with E-state index < -0.39 is 0 Å². The van der Waals surface area contributed by atoms with Gasteiger partial charge in [0.1, 0.15) is 0 Å². The average Bonchev–Trinajstić information content (AvgIpc) is 2.75. The van der Waals surface area contributed by atoms with Gasteiger partial charge in [0.05, 0.1) is 0 Å². The van der Waals surface area contributed by atoms with Gasteiger partial charge in [-0.2, -0.15) is 0 Å². The van der Waals surface area contributed by atoms with Gasteiger partial charge in [0.15, 0.2) is 10.4 Å². The summed E-state index contributed by atoms with van der Waals surface area (Å²) >= 11 is 4.74. The van der Waals surface area contributed by atoms with E-state index in [1.807, 2.05) is 30.5 Å². The first-order valence-corrected chi connectivity index (χ1v) is 6.67. The van der Waals surface area contributed by atoms with Gasteiger partial charge in [-0.15, -0.1) is 11.8 Å². The van der Waals surface area contributed by atoms with Gasteiger partial charge in [-0.05, 0) is 46.5 Å². The first-order chi connectivity index (χ1) is 7.72. The molecule has 1 aromatic heterocycles. The maximum atomic E-state index is 12.1. The minimum Gasteiger partial charge on any atom is -0.446 e. The van der Waals surface area contributed by atoms with Gasteiger partial charge in [0.2, 0.25) is 5.78 Å². The number of thioether (sulfide) groups is 1. The summed E-state index contributed by atoms with van der Waals surface area (Å²) in [5.74, 6) is 0.268. The molecule has 0 N–H and O–H groups in total. The van der Waals surface area contributed by atoms with Crippen LogP contribution in [0.4, 0.5) is 0 Å². The van der Waals surface area contributed by atoms with Crippen LogP contribution in [0.2, 0.25) is 0 Å². The highest BCUT2D eigenvalue weighted by Crippen LogP contribution is 2.24. The number of hydrogen-bond donors (Lipinski definition) is 0. The Hall–Kier alpha value is -1.000. The van der Waals surface area contributed by atoms with Crippen molar-refractivity contribution in [2.75, 3.05) is 6.26 Å². The second-order valence-electron chi connectivity index (χ2n) is 3.13. The molecular formula is C12H9BrO2S. The van der Waals surface area contributed by atoms with Crippen LogP contribution in [-0.2, 0) is 0 Å². The number of carbonyl (C=O) groups is 1. The molecule has 82 valence electrons. The molecule has 1 heterocycles. The Morgan fingerprint density at radius 2 is 2.00 bits per heavy atom. The standard InChI is InChI=1S/C12H9BrO2S/c1-16-10-5-3-2-4-8(10)12(14)9-6-7-11(13)15-9/h2-7H,1H3. The number of hydrogen-bond acceptors (Lipinski definition) is 3. The van der Waals surface area contributed by atoms with Crippen LogP contribution in [0.3, 0.4) is 0 Å². The zero-order valence-corrected chi connectivity index (χ0v) is 11.0. The molecule has 2 aromatic rings. The average molecular weight is 297 g/mol. The van der Waals surface area contributed by atoms with E-state index in [9.17, 15) is 4.79 Å². The minimum absolute atomic E-state index is 0.0874. The summed E-state index contributed by atoms with van der Waals surface area (Å²) in [4.78, 5) is 13.1. The van der Waals surface area contributed by atoms with Crippen LogP contribution in [0.5, 0.6) is 0 Å². The van der Waals surface area contributed by atoms with E-state index in [1.165, 1.54) is 0 Å². The number of benzene rings is 1. The van der Waals surface area contributed by atoms with E-state index in [0.717, 1.165) is 4.90 Å². The molecular weight excluding hydrogens is 288 g/mol. The quantitative estimate of drug-likeness (QED) is 0.633. The van der Waals surface area contributed by atoms with E-state index in [4.69, 9.17) is 4.42 Å². The molecule has 1 aromatic carbocycles. The molecule has 0 saturated carbocycles. The third kappa shape index (κ3) is 2.23. The molecule has 0 saturated heterocycles. The molecule has 16 heavy (non-hydrogen) atoms. The molecule has 2 nitrogen and oxygen atoms in total. The van der Waals surface area contributed by atoms with Crippen LogP contribution in [-0.4, -0.2) is 12.0 Å². The fraction of sp³-hybridized carbons (Fsp3) is 0.0833. The summed E-state index contributed by atoms with van der Waals surface area (Å²) in [6, 6.07) is 10.9. The molecule has 0 radical (unpaired) electrons. The molecule has 0 bridgehead atoms. The van der Waals surface area contributed by atoms with Crippen LogP contribution < -0.4 is 0 Å². The van der Waals surface area contributed by atoms with Crippen molar-refractivity contribution in [3.63, 3.8) is 0 Å².